The SMILES string of the molecule is COC(=O)C(Br)Cc1cc(F)ccc1Br. The van der Waals surface area contributed by atoms with E-state index in [0.29, 0.717) is 6.42 Å². The van der Waals surface area contributed by atoms with E-state index in [1.165, 1.54) is 19.2 Å². The van der Waals surface area contributed by atoms with Gasteiger partial charge in [-0.25, -0.2) is 4.39 Å². The van der Waals surface area contributed by atoms with E-state index in [9.17, 15) is 9.18 Å². The van der Waals surface area contributed by atoms with Crippen LogP contribution in [0.15, 0.2) is 22.7 Å². The molecule has 0 bridgehead atoms. The molecule has 0 aliphatic rings. The van der Waals surface area contributed by atoms with Crippen LogP contribution in [0.25, 0.3) is 0 Å². The molecule has 82 valence electrons. The van der Waals surface area contributed by atoms with Crippen LogP contribution in [0.4, 0.5) is 4.39 Å². The molecular weight excluding hydrogens is 331 g/mol. The summed E-state index contributed by atoms with van der Waals surface area (Å²) in [6, 6.07) is 4.36. The molecular formula is C10H9Br2FO2. The fraction of sp³-hybridized carbons (Fsp3) is 0.300. The summed E-state index contributed by atoms with van der Waals surface area (Å²) in [6.45, 7) is 0. The lowest BCUT2D eigenvalue weighted by Crippen LogP contribution is -2.18. The average molecular weight is 340 g/mol. The molecule has 0 spiro atoms. The highest BCUT2D eigenvalue weighted by Gasteiger charge is 2.17. The lowest BCUT2D eigenvalue weighted by molar-refractivity contribution is -0.139. The second-order valence-electron chi connectivity index (χ2n) is 2.93. The summed E-state index contributed by atoms with van der Waals surface area (Å²) in [5.74, 6) is -0.691. The quantitative estimate of drug-likeness (QED) is 0.625. The number of carbonyl (C=O) groups excluding carboxylic acids is 1. The van der Waals surface area contributed by atoms with Gasteiger partial charge in [0.2, 0.25) is 0 Å². The summed E-state index contributed by atoms with van der Waals surface area (Å²) in [6.07, 6.45) is 0.380. The summed E-state index contributed by atoms with van der Waals surface area (Å²) in [4.78, 5) is 10.7. The highest BCUT2D eigenvalue weighted by Crippen LogP contribution is 2.21. The topological polar surface area (TPSA) is 26.3 Å². The Bertz CT molecular complexity index is 368. The highest BCUT2D eigenvalue weighted by molar-refractivity contribution is 9.10. The van der Waals surface area contributed by atoms with Gasteiger partial charge in [-0.2, -0.15) is 0 Å². The first-order valence-corrected chi connectivity index (χ1v) is 5.91. The predicted octanol–water partition coefficient (Wildman–Crippen LogP) is 3.07. The summed E-state index contributed by atoms with van der Waals surface area (Å²) < 4.78 is 18.3. The zero-order valence-corrected chi connectivity index (χ0v) is 11.1. The number of methoxy groups -OCH3 is 1. The lowest BCUT2D eigenvalue weighted by Gasteiger charge is -2.09. The molecule has 1 rings (SSSR count). The van der Waals surface area contributed by atoms with Gasteiger partial charge >= 0.3 is 5.97 Å². The molecule has 0 aliphatic carbocycles. The van der Waals surface area contributed by atoms with Crippen LogP contribution in [0.5, 0.6) is 0 Å². The van der Waals surface area contributed by atoms with E-state index in [1.54, 1.807) is 6.07 Å². The maximum atomic E-state index is 12.9. The van der Waals surface area contributed by atoms with E-state index in [2.05, 4.69) is 36.6 Å². The Labute approximate surface area is 104 Å². The second-order valence-corrected chi connectivity index (χ2v) is 4.89. The van der Waals surface area contributed by atoms with Gasteiger partial charge in [0, 0.05) is 4.47 Å². The predicted molar refractivity (Wildman–Crippen MR) is 62.5 cm³/mol. The van der Waals surface area contributed by atoms with Gasteiger partial charge in [0.1, 0.15) is 10.6 Å². The molecule has 0 saturated carbocycles. The van der Waals surface area contributed by atoms with Crippen LogP contribution in [0, 0.1) is 5.82 Å². The van der Waals surface area contributed by atoms with Gasteiger partial charge < -0.3 is 4.74 Å². The molecule has 0 fully saturated rings. The molecule has 0 aliphatic heterocycles. The monoisotopic (exact) mass is 338 g/mol. The van der Waals surface area contributed by atoms with Gasteiger partial charge in [0.25, 0.3) is 0 Å². The van der Waals surface area contributed by atoms with Crippen LogP contribution >= 0.6 is 31.9 Å². The standard InChI is InChI=1S/C10H9Br2FO2/c1-15-10(14)9(12)5-6-4-7(13)2-3-8(6)11/h2-4,9H,5H2,1H3. The number of esters is 1. The third-order valence-electron chi connectivity index (χ3n) is 1.86. The third-order valence-corrected chi connectivity index (χ3v) is 3.34. The molecule has 0 N–H and O–H groups in total. The van der Waals surface area contributed by atoms with E-state index < -0.39 is 4.83 Å². The number of rotatable bonds is 3. The van der Waals surface area contributed by atoms with Crippen molar-refractivity contribution in [3.8, 4) is 0 Å². The van der Waals surface area contributed by atoms with Crippen molar-refractivity contribution in [2.75, 3.05) is 7.11 Å². The number of benzene rings is 1. The molecule has 5 heteroatoms. The van der Waals surface area contributed by atoms with Gasteiger partial charge in [-0.15, -0.1) is 0 Å². The van der Waals surface area contributed by atoms with Crippen molar-refractivity contribution >= 4 is 37.8 Å². The smallest absolute Gasteiger partial charge is 0.319 e. The Kier molecular flexibility index (Phi) is 4.73. The first-order chi connectivity index (χ1) is 7.04. The van der Waals surface area contributed by atoms with Crippen LogP contribution < -0.4 is 0 Å². The third kappa shape index (κ3) is 3.57. The van der Waals surface area contributed by atoms with Crippen molar-refractivity contribution in [3.05, 3.63) is 34.1 Å². The maximum Gasteiger partial charge on any atom is 0.319 e. The zero-order valence-electron chi connectivity index (χ0n) is 7.97. The van der Waals surface area contributed by atoms with Gasteiger partial charge in [-0.3, -0.25) is 4.79 Å². The zero-order chi connectivity index (χ0) is 11.4. The van der Waals surface area contributed by atoms with Crippen molar-refractivity contribution in [3.63, 3.8) is 0 Å². The minimum Gasteiger partial charge on any atom is -0.468 e. The van der Waals surface area contributed by atoms with Gasteiger partial charge in [-0.1, -0.05) is 31.9 Å². The molecule has 15 heavy (non-hydrogen) atoms. The molecule has 0 heterocycles. The minimum atomic E-state index is -0.458. The molecule has 1 aromatic carbocycles. The number of ether oxygens (including phenoxy) is 1. The minimum absolute atomic E-state index is 0.322. The maximum absolute atomic E-state index is 12.9. The van der Waals surface area contributed by atoms with Crippen molar-refractivity contribution < 1.29 is 13.9 Å². The summed E-state index contributed by atoms with van der Waals surface area (Å²) in [7, 11) is 1.32. The van der Waals surface area contributed by atoms with Crippen LogP contribution in [0.1, 0.15) is 5.56 Å². The summed E-state index contributed by atoms with van der Waals surface area (Å²) in [5, 5.41) is 0. The Hall–Kier alpha value is -0.420. The molecule has 0 saturated heterocycles. The first kappa shape index (κ1) is 12.6. The fourth-order valence-electron chi connectivity index (χ4n) is 1.10. The van der Waals surface area contributed by atoms with Crippen LogP contribution in [0.3, 0.4) is 0 Å². The molecule has 0 amide bonds. The highest BCUT2D eigenvalue weighted by atomic mass is 79.9. The number of hydrogen-bond donors (Lipinski definition) is 0. The van der Waals surface area contributed by atoms with E-state index in [4.69, 9.17) is 0 Å². The Balaban J connectivity index is 2.80. The average Bonchev–Trinajstić information content (AvgIpc) is 2.22. The van der Waals surface area contributed by atoms with E-state index in [-0.39, 0.29) is 11.8 Å². The number of alkyl halides is 1. The van der Waals surface area contributed by atoms with Gasteiger partial charge in [0.05, 0.1) is 7.11 Å². The Morgan fingerprint density at radius 1 is 1.60 bits per heavy atom. The fourth-order valence-corrected chi connectivity index (χ4v) is 2.05. The lowest BCUT2D eigenvalue weighted by atomic mass is 10.1. The molecule has 0 aromatic heterocycles. The van der Waals surface area contributed by atoms with Crippen molar-refractivity contribution in [1.82, 2.24) is 0 Å². The normalized spacial score (nSPS) is 12.3. The van der Waals surface area contributed by atoms with Crippen LogP contribution in [-0.4, -0.2) is 17.9 Å². The Morgan fingerprint density at radius 3 is 2.87 bits per heavy atom. The van der Waals surface area contributed by atoms with Gasteiger partial charge in [-0.05, 0) is 30.2 Å². The first-order valence-electron chi connectivity index (χ1n) is 4.20. The van der Waals surface area contributed by atoms with E-state index in [0.717, 1.165) is 10.0 Å². The van der Waals surface area contributed by atoms with Crippen molar-refractivity contribution in [1.29, 1.82) is 0 Å². The largest absolute Gasteiger partial charge is 0.468 e. The number of hydrogen-bond acceptors (Lipinski definition) is 2. The second kappa shape index (κ2) is 5.61. The summed E-state index contributed by atoms with van der Waals surface area (Å²) in [5.41, 5.74) is 0.724. The number of carbonyl (C=O) groups is 1. The summed E-state index contributed by atoms with van der Waals surface area (Å²) >= 11 is 6.47. The molecule has 2 nitrogen and oxygen atoms in total. The van der Waals surface area contributed by atoms with E-state index in [1.807, 2.05) is 0 Å². The Morgan fingerprint density at radius 2 is 2.27 bits per heavy atom. The molecule has 0 radical (unpaired) electrons. The van der Waals surface area contributed by atoms with E-state index >= 15 is 0 Å². The van der Waals surface area contributed by atoms with Crippen molar-refractivity contribution in [2.24, 2.45) is 0 Å². The van der Waals surface area contributed by atoms with Crippen molar-refractivity contribution in [2.45, 2.75) is 11.2 Å². The van der Waals surface area contributed by atoms with Crippen LogP contribution in [-0.2, 0) is 16.0 Å². The number of halogens is 3. The van der Waals surface area contributed by atoms with Crippen LogP contribution in [0.2, 0.25) is 0 Å². The molecule has 1 aromatic rings. The molecule has 1 atom stereocenters. The van der Waals surface area contributed by atoms with Gasteiger partial charge in [0.15, 0.2) is 0 Å². The molecule has 1 unspecified atom stereocenters.